The minimum atomic E-state index is -0.833. The van der Waals surface area contributed by atoms with Crippen LogP contribution in [0.25, 0.3) is 6.08 Å². The van der Waals surface area contributed by atoms with Gasteiger partial charge in [-0.15, -0.1) is 0 Å². The molecule has 2 rings (SSSR count). The van der Waals surface area contributed by atoms with Crippen molar-refractivity contribution in [1.82, 2.24) is 5.32 Å². The Hall–Kier alpha value is -4.14. The van der Waals surface area contributed by atoms with Gasteiger partial charge in [0.2, 0.25) is 5.96 Å². The van der Waals surface area contributed by atoms with Gasteiger partial charge in [-0.25, -0.2) is 14.6 Å². The number of carbonyl (C=O) groups is 3. The number of nitrogens with one attached hydrogen (secondary N) is 2. The van der Waals surface area contributed by atoms with Crippen LogP contribution < -0.4 is 22.1 Å². The number of esters is 1. The molecular weight excluding hydrogens is 374 g/mol. The number of benzene rings is 2. The molecule has 2 aromatic carbocycles. The summed E-state index contributed by atoms with van der Waals surface area (Å²) in [6, 6.07) is 12.5. The van der Waals surface area contributed by atoms with Gasteiger partial charge in [-0.05, 0) is 48.9 Å². The maximum atomic E-state index is 12.4. The van der Waals surface area contributed by atoms with Gasteiger partial charge < -0.3 is 21.5 Å². The quantitative estimate of drug-likeness (QED) is 0.256. The van der Waals surface area contributed by atoms with Crippen LogP contribution >= 0.6 is 0 Å². The van der Waals surface area contributed by atoms with E-state index in [0.29, 0.717) is 23.5 Å². The predicted octanol–water partition coefficient (Wildman–Crippen LogP) is 2.13. The van der Waals surface area contributed by atoms with E-state index in [1.54, 1.807) is 55.5 Å². The topological polar surface area (TPSA) is 149 Å². The third-order valence-electron chi connectivity index (χ3n) is 3.48. The highest BCUT2D eigenvalue weighted by molar-refractivity contribution is 6.05. The minimum Gasteiger partial charge on any atom is -0.463 e. The van der Waals surface area contributed by atoms with Crippen LogP contribution in [0.5, 0.6) is 0 Å². The molecule has 2 aromatic rings. The first kappa shape index (κ1) is 21.2. The van der Waals surface area contributed by atoms with Crippen molar-refractivity contribution in [3.05, 3.63) is 65.7 Å². The molecule has 3 amide bonds. The summed E-state index contributed by atoms with van der Waals surface area (Å²) < 4.78 is 4.81. The fourth-order valence-corrected chi connectivity index (χ4v) is 2.25. The number of hydrogen-bond donors (Lipinski definition) is 4. The van der Waals surface area contributed by atoms with Gasteiger partial charge in [-0.2, -0.15) is 0 Å². The SMILES string of the molecule is CCOC(=O)/C=C/c1ccc(NC(=O)c2cccc(N=C(N)NC(N)=O)c2)cc1. The average Bonchev–Trinajstić information content (AvgIpc) is 2.67. The van der Waals surface area contributed by atoms with E-state index in [2.05, 4.69) is 15.6 Å². The molecule has 0 unspecified atom stereocenters. The summed E-state index contributed by atoms with van der Waals surface area (Å²) >= 11 is 0. The number of amides is 3. The van der Waals surface area contributed by atoms with E-state index in [1.807, 2.05) is 0 Å². The summed E-state index contributed by atoms with van der Waals surface area (Å²) in [5, 5.41) is 4.90. The monoisotopic (exact) mass is 395 g/mol. The van der Waals surface area contributed by atoms with Crippen LogP contribution in [0.15, 0.2) is 59.6 Å². The van der Waals surface area contributed by atoms with E-state index in [1.165, 1.54) is 12.1 Å². The second-order valence-electron chi connectivity index (χ2n) is 5.70. The van der Waals surface area contributed by atoms with Crippen molar-refractivity contribution in [3.8, 4) is 0 Å². The Morgan fingerprint density at radius 2 is 1.83 bits per heavy atom. The number of urea groups is 1. The van der Waals surface area contributed by atoms with Crippen molar-refractivity contribution in [3.63, 3.8) is 0 Å². The largest absolute Gasteiger partial charge is 0.463 e. The standard InChI is InChI=1S/C20H21N5O4/c1-2-29-17(26)11-8-13-6-9-15(10-7-13)23-18(27)14-4-3-5-16(12-14)24-19(21)25-20(22)28/h3-12H,2H2,1H3,(H,23,27)(H5,21,22,24,25,28)/b11-8+. The normalized spacial score (nSPS) is 11.1. The van der Waals surface area contributed by atoms with Crippen LogP contribution in [0, 0.1) is 0 Å². The Kier molecular flexibility index (Phi) is 7.49. The molecule has 9 heteroatoms. The molecule has 150 valence electrons. The second-order valence-corrected chi connectivity index (χ2v) is 5.70. The fraction of sp³-hybridized carbons (Fsp3) is 0.100. The zero-order chi connectivity index (χ0) is 21.2. The number of ether oxygens (including phenoxy) is 1. The lowest BCUT2D eigenvalue weighted by atomic mass is 10.1. The summed E-state index contributed by atoms with van der Waals surface area (Å²) in [5.74, 6) is -0.945. The highest BCUT2D eigenvalue weighted by Gasteiger charge is 2.07. The van der Waals surface area contributed by atoms with Gasteiger partial charge >= 0.3 is 12.0 Å². The van der Waals surface area contributed by atoms with Crippen LogP contribution in [0.2, 0.25) is 0 Å². The molecule has 0 saturated carbocycles. The molecule has 0 aliphatic carbocycles. The highest BCUT2D eigenvalue weighted by atomic mass is 16.5. The number of guanidine groups is 1. The van der Waals surface area contributed by atoms with E-state index < -0.39 is 12.0 Å². The fourth-order valence-electron chi connectivity index (χ4n) is 2.25. The molecule has 0 aliphatic rings. The van der Waals surface area contributed by atoms with E-state index >= 15 is 0 Å². The molecule has 0 saturated heterocycles. The van der Waals surface area contributed by atoms with Crippen molar-refractivity contribution in [2.45, 2.75) is 6.92 Å². The maximum Gasteiger partial charge on any atom is 0.330 e. The highest BCUT2D eigenvalue weighted by Crippen LogP contribution is 2.17. The Morgan fingerprint density at radius 1 is 1.10 bits per heavy atom. The van der Waals surface area contributed by atoms with Crippen molar-refractivity contribution in [2.24, 2.45) is 16.5 Å². The van der Waals surface area contributed by atoms with Crippen molar-refractivity contribution < 1.29 is 19.1 Å². The van der Waals surface area contributed by atoms with E-state index in [-0.39, 0.29) is 11.9 Å². The van der Waals surface area contributed by atoms with Crippen LogP contribution in [0.3, 0.4) is 0 Å². The minimum absolute atomic E-state index is 0.179. The molecular formula is C20H21N5O4. The molecule has 0 fully saturated rings. The van der Waals surface area contributed by atoms with Gasteiger partial charge in [0.15, 0.2) is 0 Å². The second kappa shape index (κ2) is 10.3. The van der Waals surface area contributed by atoms with Gasteiger partial charge in [0.1, 0.15) is 0 Å². The summed E-state index contributed by atoms with van der Waals surface area (Å²) in [6.07, 6.45) is 2.96. The van der Waals surface area contributed by atoms with Crippen LogP contribution in [-0.4, -0.2) is 30.5 Å². The third kappa shape index (κ3) is 7.18. The molecule has 0 atom stereocenters. The maximum absolute atomic E-state index is 12.4. The van der Waals surface area contributed by atoms with Gasteiger partial charge in [0.25, 0.3) is 5.91 Å². The Bertz CT molecular complexity index is 952. The number of rotatable bonds is 6. The molecule has 0 bridgehead atoms. The molecule has 0 aliphatic heterocycles. The number of nitrogens with zero attached hydrogens (tertiary/aromatic N) is 1. The van der Waals surface area contributed by atoms with Crippen molar-refractivity contribution in [2.75, 3.05) is 11.9 Å². The number of anilines is 1. The van der Waals surface area contributed by atoms with Crippen molar-refractivity contribution >= 4 is 41.3 Å². The summed E-state index contributed by atoms with van der Waals surface area (Å²) in [6.45, 7) is 2.05. The van der Waals surface area contributed by atoms with E-state index in [0.717, 1.165) is 5.56 Å². The lowest BCUT2D eigenvalue weighted by Gasteiger charge is -2.07. The Morgan fingerprint density at radius 3 is 2.48 bits per heavy atom. The number of aliphatic imine (C=N–C) groups is 1. The number of carbonyl (C=O) groups excluding carboxylic acids is 3. The summed E-state index contributed by atoms with van der Waals surface area (Å²) in [4.78, 5) is 38.5. The Labute approximate surface area is 167 Å². The number of primary amides is 1. The number of hydrogen-bond acceptors (Lipinski definition) is 5. The van der Waals surface area contributed by atoms with Crippen LogP contribution in [-0.2, 0) is 9.53 Å². The van der Waals surface area contributed by atoms with Gasteiger partial charge in [-0.1, -0.05) is 18.2 Å². The molecule has 0 aromatic heterocycles. The van der Waals surface area contributed by atoms with Crippen LogP contribution in [0.4, 0.5) is 16.2 Å². The molecule has 29 heavy (non-hydrogen) atoms. The lowest BCUT2D eigenvalue weighted by Crippen LogP contribution is -2.39. The molecule has 0 heterocycles. The van der Waals surface area contributed by atoms with E-state index in [4.69, 9.17) is 16.2 Å². The average molecular weight is 395 g/mol. The zero-order valence-corrected chi connectivity index (χ0v) is 15.7. The van der Waals surface area contributed by atoms with Crippen LogP contribution in [0.1, 0.15) is 22.8 Å². The van der Waals surface area contributed by atoms with Crippen molar-refractivity contribution in [1.29, 1.82) is 0 Å². The van der Waals surface area contributed by atoms with Gasteiger partial charge in [-0.3, -0.25) is 10.1 Å². The zero-order valence-electron chi connectivity index (χ0n) is 15.7. The predicted molar refractivity (Wildman–Crippen MR) is 111 cm³/mol. The first-order valence-corrected chi connectivity index (χ1v) is 8.64. The lowest BCUT2D eigenvalue weighted by molar-refractivity contribution is -0.137. The molecule has 0 spiro atoms. The van der Waals surface area contributed by atoms with E-state index in [9.17, 15) is 14.4 Å². The number of nitrogens with two attached hydrogens (primary N) is 2. The molecule has 9 nitrogen and oxygen atoms in total. The smallest absolute Gasteiger partial charge is 0.330 e. The van der Waals surface area contributed by atoms with Gasteiger partial charge in [0, 0.05) is 17.3 Å². The third-order valence-corrected chi connectivity index (χ3v) is 3.48. The summed E-state index contributed by atoms with van der Waals surface area (Å²) in [7, 11) is 0. The molecule has 6 N–H and O–H groups in total. The molecule has 0 radical (unpaired) electrons. The first-order valence-electron chi connectivity index (χ1n) is 8.64. The summed E-state index contributed by atoms with van der Waals surface area (Å²) in [5.41, 5.74) is 12.6. The first-order chi connectivity index (χ1) is 13.9. The Balaban J connectivity index is 2.04. The van der Waals surface area contributed by atoms with Gasteiger partial charge in [0.05, 0.1) is 12.3 Å².